The molecular formula is C21H26O2. The monoisotopic (exact) mass is 310 g/mol. The van der Waals surface area contributed by atoms with Crippen molar-refractivity contribution in [2.24, 2.45) is 29.1 Å². The molecule has 0 aromatic carbocycles. The number of rotatable bonds is 1. The summed E-state index contributed by atoms with van der Waals surface area (Å²) < 4.78 is 0. The van der Waals surface area contributed by atoms with Crippen LogP contribution in [-0.4, -0.2) is 11.6 Å². The predicted octanol–water partition coefficient (Wildman–Crippen LogP) is 4.42. The van der Waals surface area contributed by atoms with Crippen LogP contribution in [-0.2, 0) is 9.59 Å². The number of hydrogen-bond donors (Lipinski definition) is 0. The fourth-order valence-corrected chi connectivity index (χ4v) is 6.19. The van der Waals surface area contributed by atoms with Gasteiger partial charge < -0.3 is 0 Å². The van der Waals surface area contributed by atoms with Crippen LogP contribution in [0.5, 0.6) is 0 Å². The van der Waals surface area contributed by atoms with Crippen molar-refractivity contribution in [1.29, 1.82) is 0 Å². The maximum Gasteiger partial charge on any atom is 0.182 e. The molecule has 4 aliphatic carbocycles. The number of allylic oxidation sites excluding steroid dienone is 5. The van der Waals surface area contributed by atoms with Crippen LogP contribution in [0.1, 0.15) is 52.4 Å². The van der Waals surface area contributed by atoms with Gasteiger partial charge in [-0.25, -0.2) is 0 Å². The van der Waals surface area contributed by atoms with Crippen LogP contribution in [0.15, 0.2) is 35.5 Å². The minimum Gasteiger partial charge on any atom is -0.290 e. The molecule has 2 fully saturated rings. The molecule has 2 heteroatoms. The summed E-state index contributed by atoms with van der Waals surface area (Å²) in [7, 11) is 0. The third-order valence-electron chi connectivity index (χ3n) is 7.28. The molecule has 122 valence electrons. The Hall–Kier alpha value is -1.44. The topological polar surface area (TPSA) is 34.1 Å². The number of ketones is 2. The second kappa shape index (κ2) is 5.03. The van der Waals surface area contributed by atoms with Crippen LogP contribution in [0.2, 0.25) is 0 Å². The lowest BCUT2D eigenvalue weighted by Gasteiger charge is -2.52. The van der Waals surface area contributed by atoms with E-state index in [1.807, 2.05) is 0 Å². The molecule has 0 bridgehead atoms. The van der Waals surface area contributed by atoms with E-state index in [4.69, 9.17) is 0 Å². The molecule has 23 heavy (non-hydrogen) atoms. The van der Waals surface area contributed by atoms with E-state index in [2.05, 4.69) is 20.4 Å². The quantitative estimate of drug-likeness (QED) is 0.531. The molecule has 0 aliphatic heterocycles. The Kier molecular flexibility index (Phi) is 3.30. The van der Waals surface area contributed by atoms with Gasteiger partial charge in [0.15, 0.2) is 11.6 Å². The molecule has 4 aliphatic rings. The Bertz CT molecular complexity index is 663. The first-order valence-electron chi connectivity index (χ1n) is 9.10. The lowest BCUT2D eigenvalue weighted by Crippen LogP contribution is -2.45. The Labute approximate surface area is 138 Å². The summed E-state index contributed by atoms with van der Waals surface area (Å²) in [5.74, 6) is 2.70. The van der Waals surface area contributed by atoms with E-state index in [-0.39, 0.29) is 17.0 Å². The summed E-state index contributed by atoms with van der Waals surface area (Å²) in [6, 6.07) is 0. The molecule has 4 unspecified atom stereocenters. The first-order valence-corrected chi connectivity index (χ1v) is 9.10. The lowest BCUT2D eigenvalue weighted by molar-refractivity contribution is -0.116. The summed E-state index contributed by atoms with van der Waals surface area (Å²) in [5.41, 5.74) is 3.15. The van der Waals surface area contributed by atoms with Crippen LogP contribution >= 0.6 is 0 Å². The zero-order chi connectivity index (χ0) is 16.4. The standard InChI is InChI=1S/C21H26O2/c1-12(2)14-8-9-21-11-16-15(19(22)6-7-20(16)23)10-18(21)13(3)4-5-17(14)21/h6-7,12,14,17-18H,3-5,8-11H2,1-2H3. The second-order valence-electron chi connectivity index (χ2n) is 8.44. The van der Waals surface area contributed by atoms with Crippen LogP contribution in [0.3, 0.4) is 0 Å². The molecule has 2 saturated carbocycles. The highest BCUT2D eigenvalue weighted by Crippen LogP contribution is 2.66. The Balaban J connectivity index is 1.79. The third kappa shape index (κ3) is 2.00. The zero-order valence-corrected chi connectivity index (χ0v) is 14.2. The van der Waals surface area contributed by atoms with E-state index in [1.165, 1.54) is 37.0 Å². The SMILES string of the molecule is C=C1CCC2C(C(C)C)CCC23CC2=C(CC13)C(=O)C=CC2=O. The minimum atomic E-state index is 0.0581. The average molecular weight is 310 g/mol. The molecule has 0 amide bonds. The van der Waals surface area contributed by atoms with Crippen LogP contribution in [0, 0.1) is 29.1 Å². The van der Waals surface area contributed by atoms with Crippen molar-refractivity contribution in [1.82, 2.24) is 0 Å². The molecular weight excluding hydrogens is 284 g/mol. The summed E-state index contributed by atoms with van der Waals surface area (Å²) >= 11 is 0. The molecule has 0 aromatic heterocycles. The largest absolute Gasteiger partial charge is 0.290 e. The van der Waals surface area contributed by atoms with Crippen molar-refractivity contribution >= 4 is 11.6 Å². The Morgan fingerprint density at radius 2 is 1.83 bits per heavy atom. The van der Waals surface area contributed by atoms with Gasteiger partial charge in [-0.15, -0.1) is 0 Å². The fraction of sp³-hybridized carbons (Fsp3) is 0.619. The average Bonchev–Trinajstić information content (AvgIpc) is 2.89. The van der Waals surface area contributed by atoms with Gasteiger partial charge in [-0.05, 0) is 79.8 Å². The number of hydrogen-bond acceptors (Lipinski definition) is 2. The van der Waals surface area contributed by atoms with Crippen molar-refractivity contribution in [3.8, 4) is 0 Å². The first kappa shape index (κ1) is 15.1. The van der Waals surface area contributed by atoms with Crippen LogP contribution in [0.25, 0.3) is 0 Å². The molecule has 0 heterocycles. The highest BCUT2D eigenvalue weighted by Gasteiger charge is 2.58. The van der Waals surface area contributed by atoms with E-state index < -0.39 is 0 Å². The molecule has 0 saturated heterocycles. The molecule has 2 nitrogen and oxygen atoms in total. The van der Waals surface area contributed by atoms with Crippen LogP contribution in [0.4, 0.5) is 0 Å². The highest BCUT2D eigenvalue weighted by atomic mass is 16.1. The molecule has 0 aromatic rings. The number of carbonyl (C=O) groups is 2. The molecule has 4 rings (SSSR count). The van der Waals surface area contributed by atoms with Gasteiger partial charge in [0.1, 0.15) is 0 Å². The molecule has 4 atom stereocenters. The van der Waals surface area contributed by atoms with Gasteiger partial charge >= 0.3 is 0 Å². The van der Waals surface area contributed by atoms with Crippen molar-refractivity contribution in [2.75, 3.05) is 0 Å². The van der Waals surface area contributed by atoms with Crippen molar-refractivity contribution in [2.45, 2.75) is 52.4 Å². The molecule has 0 N–H and O–H groups in total. The number of carbonyl (C=O) groups excluding carboxylic acids is 2. The van der Waals surface area contributed by atoms with Gasteiger partial charge in [-0.3, -0.25) is 9.59 Å². The van der Waals surface area contributed by atoms with Gasteiger partial charge in [0, 0.05) is 11.1 Å². The normalized spacial score (nSPS) is 39.6. The maximum atomic E-state index is 12.4. The van der Waals surface area contributed by atoms with Crippen molar-refractivity contribution < 1.29 is 9.59 Å². The van der Waals surface area contributed by atoms with Gasteiger partial charge in [0.2, 0.25) is 0 Å². The molecule has 1 spiro atoms. The first-order chi connectivity index (χ1) is 10.9. The van der Waals surface area contributed by atoms with Crippen molar-refractivity contribution in [3.63, 3.8) is 0 Å². The summed E-state index contributed by atoms with van der Waals surface area (Å²) in [5, 5.41) is 0. The van der Waals surface area contributed by atoms with E-state index in [0.29, 0.717) is 17.8 Å². The van der Waals surface area contributed by atoms with E-state index >= 15 is 0 Å². The minimum absolute atomic E-state index is 0.0581. The van der Waals surface area contributed by atoms with E-state index in [1.54, 1.807) is 0 Å². The third-order valence-corrected chi connectivity index (χ3v) is 7.28. The van der Waals surface area contributed by atoms with Gasteiger partial charge in [-0.2, -0.15) is 0 Å². The van der Waals surface area contributed by atoms with Crippen LogP contribution < -0.4 is 0 Å². The smallest absolute Gasteiger partial charge is 0.182 e. The Morgan fingerprint density at radius 1 is 1.13 bits per heavy atom. The van der Waals surface area contributed by atoms with E-state index in [0.717, 1.165) is 36.3 Å². The fourth-order valence-electron chi connectivity index (χ4n) is 6.19. The van der Waals surface area contributed by atoms with Crippen molar-refractivity contribution in [3.05, 3.63) is 35.5 Å². The summed E-state index contributed by atoms with van der Waals surface area (Å²) in [6.07, 6.45) is 9.31. The maximum absolute atomic E-state index is 12.4. The van der Waals surface area contributed by atoms with E-state index in [9.17, 15) is 9.59 Å². The second-order valence-corrected chi connectivity index (χ2v) is 8.44. The Morgan fingerprint density at radius 3 is 2.52 bits per heavy atom. The van der Waals surface area contributed by atoms with Gasteiger partial charge in [-0.1, -0.05) is 26.0 Å². The summed E-state index contributed by atoms with van der Waals surface area (Å²) in [4.78, 5) is 24.7. The predicted molar refractivity (Wildman–Crippen MR) is 90.8 cm³/mol. The summed E-state index contributed by atoms with van der Waals surface area (Å²) in [6.45, 7) is 9.05. The van der Waals surface area contributed by atoms with Gasteiger partial charge in [0.05, 0.1) is 0 Å². The zero-order valence-electron chi connectivity index (χ0n) is 14.2. The highest BCUT2D eigenvalue weighted by molar-refractivity contribution is 6.20. The van der Waals surface area contributed by atoms with Gasteiger partial charge in [0.25, 0.3) is 0 Å². The lowest BCUT2D eigenvalue weighted by atomic mass is 9.51. The molecule has 0 radical (unpaired) electrons.